The maximum atomic E-state index is 13.2. The van der Waals surface area contributed by atoms with Crippen molar-refractivity contribution in [2.75, 3.05) is 13.7 Å². The Hall–Kier alpha value is -2.02. The first-order chi connectivity index (χ1) is 14.0. The fraction of sp³-hybridized carbons (Fsp3) is 0.364. The third-order valence-electron chi connectivity index (χ3n) is 5.09. The Morgan fingerprint density at radius 1 is 1.31 bits per heavy atom. The second-order valence-corrected chi connectivity index (χ2v) is 8.59. The van der Waals surface area contributed by atoms with Crippen LogP contribution in [0.1, 0.15) is 24.0 Å². The minimum Gasteiger partial charge on any atom is -0.496 e. The summed E-state index contributed by atoms with van der Waals surface area (Å²) >= 11 is 7.67. The first-order valence-corrected chi connectivity index (χ1v) is 11.0. The summed E-state index contributed by atoms with van der Waals surface area (Å²) in [5.41, 5.74) is 2.80. The zero-order chi connectivity index (χ0) is 20.4. The Balaban J connectivity index is 1.73. The molecule has 1 saturated heterocycles. The molecule has 7 heteroatoms. The van der Waals surface area contributed by atoms with E-state index >= 15 is 0 Å². The maximum Gasteiger partial charge on any atom is 0.262 e. The van der Waals surface area contributed by atoms with Crippen LogP contribution in [0.3, 0.4) is 0 Å². The van der Waals surface area contributed by atoms with Crippen molar-refractivity contribution in [3.05, 3.63) is 62.9 Å². The van der Waals surface area contributed by atoms with E-state index in [0.717, 1.165) is 36.3 Å². The number of aromatic nitrogens is 2. The van der Waals surface area contributed by atoms with Gasteiger partial charge in [-0.3, -0.25) is 9.36 Å². The molecule has 0 amide bonds. The lowest BCUT2D eigenvalue weighted by atomic mass is 10.1. The zero-order valence-electron chi connectivity index (χ0n) is 16.5. The summed E-state index contributed by atoms with van der Waals surface area (Å²) in [6, 6.07) is 11.3. The van der Waals surface area contributed by atoms with Crippen molar-refractivity contribution in [1.82, 2.24) is 9.55 Å². The normalized spacial score (nSPS) is 16.4. The summed E-state index contributed by atoms with van der Waals surface area (Å²) in [4.78, 5) is 18.0. The number of rotatable bonds is 6. The molecule has 1 fully saturated rings. The van der Waals surface area contributed by atoms with E-state index in [-0.39, 0.29) is 11.7 Å². The molecular formula is C22H23ClN2O3S. The molecule has 3 aromatic rings. The number of hydrogen-bond donors (Lipinski definition) is 0. The summed E-state index contributed by atoms with van der Waals surface area (Å²) in [6.07, 6.45) is 2.03. The molecule has 1 atom stereocenters. The Morgan fingerprint density at radius 2 is 2.17 bits per heavy atom. The van der Waals surface area contributed by atoms with Crippen LogP contribution in [0, 0.1) is 6.92 Å². The molecule has 1 aromatic heterocycles. The first-order valence-electron chi connectivity index (χ1n) is 9.63. The number of ether oxygens (including phenoxy) is 2. The lowest BCUT2D eigenvalue weighted by Gasteiger charge is -2.17. The van der Waals surface area contributed by atoms with Gasteiger partial charge in [-0.05, 0) is 44.0 Å². The van der Waals surface area contributed by atoms with E-state index in [2.05, 4.69) is 13.0 Å². The summed E-state index contributed by atoms with van der Waals surface area (Å²) in [5.74, 6) is 1.48. The molecule has 5 nitrogen and oxygen atoms in total. The van der Waals surface area contributed by atoms with Gasteiger partial charge in [0.2, 0.25) is 0 Å². The predicted octanol–water partition coefficient (Wildman–Crippen LogP) is 4.84. The smallest absolute Gasteiger partial charge is 0.262 e. The SMILES string of the molecule is COc1ccc(C)cc1CSc1nc2cc(Cl)ccc2c(=O)n1CC1CCCO1. The van der Waals surface area contributed by atoms with Crippen LogP contribution in [-0.4, -0.2) is 29.4 Å². The molecule has 29 heavy (non-hydrogen) atoms. The van der Waals surface area contributed by atoms with Crippen molar-refractivity contribution >= 4 is 34.3 Å². The van der Waals surface area contributed by atoms with Crippen molar-refractivity contribution in [2.45, 2.75) is 43.3 Å². The number of fused-ring (bicyclic) bond motifs is 1. The number of hydrogen-bond acceptors (Lipinski definition) is 5. The van der Waals surface area contributed by atoms with Gasteiger partial charge in [-0.2, -0.15) is 0 Å². The third kappa shape index (κ3) is 4.44. The van der Waals surface area contributed by atoms with Gasteiger partial charge in [0.05, 0.1) is 30.7 Å². The lowest BCUT2D eigenvalue weighted by Crippen LogP contribution is -2.28. The predicted molar refractivity (Wildman–Crippen MR) is 117 cm³/mol. The van der Waals surface area contributed by atoms with Crippen LogP contribution in [0.4, 0.5) is 0 Å². The van der Waals surface area contributed by atoms with Gasteiger partial charge < -0.3 is 9.47 Å². The quantitative estimate of drug-likeness (QED) is 0.413. The second kappa shape index (κ2) is 8.78. The van der Waals surface area contributed by atoms with Crippen LogP contribution in [-0.2, 0) is 17.0 Å². The molecule has 2 heterocycles. The number of benzene rings is 2. The van der Waals surface area contributed by atoms with E-state index in [0.29, 0.717) is 33.4 Å². The summed E-state index contributed by atoms with van der Waals surface area (Å²) in [7, 11) is 1.67. The average molecular weight is 431 g/mol. The van der Waals surface area contributed by atoms with Crippen molar-refractivity contribution in [1.29, 1.82) is 0 Å². The number of halogens is 1. The molecule has 0 N–H and O–H groups in total. The van der Waals surface area contributed by atoms with Gasteiger partial charge in [0.1, 0.15) is 5.75 Å². The Morgan fingerprint density at radius 3 is 2.93 bits per heavy atom. The van der Waals surface area contributed by atoms with Gasteiger partial charge in [-0.15, -0.1) is 0 Å². The molecule has 1 aliphatic heterocycles. The number of methoxy groups -OCH3 is 1. The molecule has 0 saturated carbocycles. The van der Waals surface area contributed by atoms with E-state index in [1.807, 2.05) is 12.1 Å². The molecule has 0 radical (unpaired) electrons. The Kier molecular flexibility index (Phi) is 6.13. The standard InChI is InChI=1S/C22H23ClN2O3S/c1-14-5-8-20(27-2)15(10-14)13-29-22-24-19-11-16(23)6-7-18(19)21(26)25(22)12-17-4-3-9-28-17/h5-8,10-11,17H,3-4,9,12-13H2,1-2H3. The van der Waals surface area contributed by atoms with Crippen molar-refractivity contribution in [2.24, 2.45) is 0 Å². The summed E-state index contributed by atoms with van der Waals surface area (Å²) in [6.45, 7) is 3.31. The number of nitrogens with zero attached hydrogens (tertiary/aromatic N) is 2. The highest BCUT2D eigenvalue weighted by molar-refractivity contribution is 7.98. The highest BCUT2D eigenvalue weighted by Gasteiger charge is 2.20. The van der Waals surface area contributed by atoms with Gasteiger partial charge in [0.25, 0.3) is 5.56 Å². The highest BCUT2D eigenvalue weighted by atomic mass is 35.5. The van der Waals surface area contributed by atoms with E-state index in [4.69, 9.17) is 26.1 Å². The Labute approximate surface area is 179 Å². The molecule has 0 spiro atoms. The van der Waals surface area contributed by atoms with E-state index in [1.165, 1.54) is 11.8 Å². The minimum absolute atomic E-state index is 0.0482. The molecule has 4 rings (SSSR count). The van der Waals surface area contributed by atoms with E-state index in [1.54, 1.807) is 29.9 Å². The maximum absolute atomic E-state index is 13.2. The Bertz CT molecular complexity index is 1090. The van der Waals surface area contributed by atoms with Crippen LogP contribution in [0.25, 0.3) is 10.9 Å². The van der Waals surface area contributed by atoms with E-state index < -0.39 is 0 Å². The first kappa shape index (κ1) is 20.3. The summed E-state index contributed by atoms with van der Waals surface area (Å²) < 4.78 is 13.0. The van der Waals surface area contributed by atoms with Gasteiger partial charge in [0, 0.05) is 22.9 Å². The van der Waals surface area contributed by atoms with Crippen LogP contribution in [0.15, 0.2) is 46.3 Å². The van der Waals surface area contributed by atoms with Crippen molar-refractivity contribution in [3.8, 4) is 5.75 Å². The molecule has 152 valence electrons. The van der Waals surface area contributed by atoms with Crippen LogP contribution in [0.5, 0.6) is 5.75 Å². The zero-order valence-corrected chi connectivity index (χ0v) is 18.1. The molecular weight excluding hydrogens is 408 g/mol. The van der Waals surface area contributed by atoms with Crippen LogP contribution in [0.2, 0.25) is 5.02 Å². The fourth-order valence-corrected chi connectivity index (χ4v) is 4.75. The fourth-order valence-electron chi connectivity index (χ4n) is 3.60. The second-order valence-electron chi connectivity index (χ2n) is 7.21. The number of aryl methyl sites for hydroxylation is 1. The van der Waals surface area contributed by atoms with Gasteiger partial charge in [-0.25, -0.2) is 4.98 Å². The molecule has 1 unspecified atom stereocenters. The van der Waals surface area contributed by atoms with Gasteiger partial charge >= 0.3 is 0 Å². The largest absolute Gasteiger partial charge is 0.496 e. The molecule has 1 aliphatic rings. The summed E-state index contributed by atoms with van der Waals surface area (Å²) in [5, 5.41) is 1.81. The average Bonchev–Trinajstić information content (AvgIpc) is 3.22. The molecule has 2 aromatic carbocycles. The van der Waals surface area contributed by atoms with E-state index in [9.17, 15) is 4.79 Å². The minimum atomic E-state index is -0.0547. The van der Waals surface area contributed by atoms with Gasteiger partial charge in [-0.1, -0.05) is 41.1 Å². The van der Waals surface area contributed by atoms with Crippen LogP contribution >= 0.6 is 23.4 Å². The van der Waals surface area contributed by atoms with Crippen molar-refractivity contribution in [3.63, 3.8) is 0 Å². The highest BCUT2D eigenvalue weighted by Crippen LogP contribution is 2.29. The molecule has 0 aliphatic carbocycles. The molecule has 0 bridgehead atoms. The lowest BCUT2D eigenvalue weighted by molar-refractivity contribution is 0.0937. The third-order valence-corrected chi connectivity index (χ3v) is 6.35. The monoisotopic (exact) mass is 430 g/mol. The number of thioether (sulfide) groups is 1. The van der Waals surface area contributed by atoms with Crippen LogP contribution < -0.4 is 10.3 Å². The van der Waals surface area contributed by atoms with Crippen molar-refractivity contribution < 1.29 is 9.47 Å². The van der Waals surface area contributed by atoms with Gasteiger partial charge in [0.15, 0.2) is 5.16 Å². The topological polar surface area (TPSA) is 53.3 Å².